The van der Waals surface area contributed by atoms with Crippen molar-refractivity contribution in [1.82, 2.24) is 23.8 Å². The van der Waals surface area contributed by atoms with E-state index in [9.17, 15) is 5.26 Å². The number of nitrogens with zero attached hydrogens (tertiary/aromatic N) is 4. The number of aromatic nitrogens is 1. The summed E-state index contributed by atoms with van der Waals surface area (Å²) in [5, 5.41) is 10.3. The molecule has 1 saturated heterocycles. The van der Waals surface area contributed by atoms with Gasteiger partial charge in [-0.1, -0.05) is 6.07 Å². The number of hydrogen-bond donors (Lipinski definition) is 2. The molecule has 0 unspecified atom stereocenters. The van der Waals surface area contributed by atoms with E-state index in [0.717, 1.165) is 62.0 Å². The highest BCUT2D eigenvalue weighted by Crippen LogP contribution is 2.32. The normalized spacial score (nSPS) is 19.0. The summed E-state index contributed by atoms with van der Waals surface area (Å²) >= 11 is 1.61. The lowest BCUT2D eigenvalue weighted by atomic mass is 10.1. The van der Waals surface area contributed by atoms with Crippen LogP contribution in [0.3, 0.4) is 0 Å². The fraction of sp³-hybridized carbons (Fsp3) is 0.318. The number of piperazine rings is 1. The van der Waals surface area contributed by atoms with Crippen LogP contribution < -0.4 is 4.72 Å². The van der Waals surface area contributed by atoms with Crippen molar-refractivity contribution in [3.05, 3.63) is 71.5 Å². The van der Waals surface area contributed by atoms with Gasteiger partial charge >= 0.3 is 0 Å². The summed E-state index contributed by atoms with van der Waals surface area (Å²) in [7, 11) is 0. The maximum Gasteiger partial charge on any atom is 0.101 e. The van der Waals surface area contributed by atoms with Crippen LogP contribution in [-0.2, 0) is 6.42 Å². The van der Waals surface area contributed by atoms with Gasteiger partial charge in [0.2, 0.25) is 0 Å². The van der Waals surface area contributed by atoms with Crippen LogP contribution in [0, 0.1) is 11.3 Å². The monoisotopic (exact) mass is 404 g/mol. The van der Waals surface area contributed by atoms with E-state index in [2.05, 4.69) is 72.6 Å². The molecule has 0 amide bonds. The molecule has 1 aromatic carbocycles. The minimum Gasteiger partial charge on any atom is -0.367 e. The van der Waals surface area contributed by atoms with Crippen molar-refractivity contribution in [1.29, 1.82) is 5.26 Å². The molecule has 1 fully saturated rings. The molecule has 2 aromatic rings. The largest absolute Gasteiger partial charge is 0.367 e. The molecule has 29 heavy (non-hydrogen) atoms. The molecule has 0 saturated carbocycles. The molecule has 0 atom stereocenters. The lowest BCUT2D eigenvalue weighted by Crippen LogP contribution is -2.46. The molecule has 0 aliphatic carbocycles. The van der Waals surface area contributed by atoms with Crippen molar-refractivity contribution in [2.24, 2.45) is 0 Å². The summed E-state index contributed by atoms with van der Waals surface area (Å²) in [5.41, 5.74) is 5.65. The van der Waals surface area contributed by atoms with E-state index in [4.69, 9.17) is 0 Å². The Bertz CT molecular complexity index is 1040. The first-order valence-electron chi connectivity index (χ1n) is 10.1. The second-order valence-electron chi connectivity index (χ2n) is 7.58. The average Bonchev–Trinajstić information content (AvgIpc) is 3.40. The van der Waals surface area contributed by atoms with Crippen molar-refractivity contribution in [2.75, 3.05) is 32.7 Å². The molecule has 6 nitrogen and oxygen atoms in total. The van der Waals surface area contributed by atoms with Gasteiger partial charge in [0, 0.05) is 55.7 Å². The van der Waals surface area contributed by atoms with Gasteiger partial charge in [-0.05, 0) is 49.2 Å². The number of aromatic amines is 1. The Morgan fingerprint density at radius 3 is 2.90 bits per heavy atom. The molecule has 2 N–H and O–H groups in total. The fourth-order valence-electron chi connectivity index (χ4n) is 4.25. The number of fused-ring (bicyclic) bond motifs is 2. The van der Waals surface area contributed by atoms with Crippen molar-refractivity contribution in [2.45, 2.75) is 12.8 Å². The zero-order valence-electron chi connectivity index (χ0n) is 16.3. The number of allylic oxidation sites excluding steroid dienone is 2. The first-order chi connectivity index (χ1) is 14.3. The van der Waals surface area contributed by atoms with Gasteiger partial charge in [-0.2, -0.15) is 5.26 Å². The second-order valence-corrected chi connectivity index (χ2v) is 8.40. The van der Waals surface area contributed by atoms with Crippen molar-refractivity contribution in [3.8, 4) is 6.07 Å². The number of rotatable bonds is 5. The Labute approximate surface area is 175 Å². The lowest BCUT2D eigenvalue weighted by Gasteiger charge is -2.38. The zero-order valence-corrected chi connectivity index (χ0v) is 17.1. The first kappa shape index (κ1) is 18.2. The molecule has 3 aliphatic rings. The van der Waals surface area contributed by atoms with Crippen LogP contribution in [-0.4, -0.2) is 51.8 Å². The summed E-state index contributed by atoms with van der Waals surface area (Å²) in [5.74, 6) is 0. The van der Waals surface area contributed by atoms with Crippen LogP contribution in [0.5, 0.6) is 0 Å². The van der Waals surface area contributed by atoms with Crippen LogP contribution in [0.4, 0.5) is 0 Å². The highest BCUT2D eigenvalue weighted by atomic mass is 32.2. The molecular formula is C22H24N6S. The van der Waals surface area contributed by atoms with E-state index in [1.165, 1.54) is 17.0 Å². The third-order valence-corrected chi connectivity index (χ3v) is 6.58. The van der Waals surface area contributed by atoms with Gasteiger partial charge in [-0.25, -0.2) is 0 Å². The maximum absolute atomic E-state index is 9.23. The first-order valence-corrected chi connectivity index (χ1v) is 10.9. The Hall–Kier alpha value is -2.82. The number of hydrogen-bond acceptors (Lipinski definition) is 6. The van der Waals surface area contributed by atoms with Crippen LogP contribution in [0.2, 0.25) is 0 Å². The molecule has 0 spiro atoms. The number of nitrogens with one attached hydrogen (secondary N) is 2. The van der Waals surface area contributed by atoms with Gasteiger partial charge in [-0.15, -0.1) is 0 Å². The summed E-state index contributed by atoms with van der Waals surface area (Å²) < 4.78 is 5.42. The maximum atomic E-state index is 9.23. The molecule has 148 valence electrons. The smallest absolute Gasteiger partial charge is 0.101 e. The Balaban J connectivity index is 1.13. The predicted octanol–water partition coefficient (Wildman–Crippen LogP) is 3.31. The van der Waals surface area contributed by atoms with Crippen LogP contribution in [0.1, 0.15) is 17.5 Å². The van der Waals surface area contributed by atoms with Crippen LogP contribution in [0.15, 0.2) is 60.3 Å². The van der Waals surface area contributed by atoms with Gasteiger partial charge in [-0.3, -0.25) is 9.21 Å². The molecule has 1 aromatic heterocycles. The number of H-pyrrole nitrogens is 1. The van der Waals surface area contributed by atoms with E-state index in [-0.39, 0.29) is 0 Å². The van der Waals surface area contributed by atoms with Crippen LogP contribution >= 0.6 is 12.1 Å². The van der Waals surface area contributed by atoms with Gasteiger partial charge in [0.1, 0.15) is 6.07 Å². The Morgan fingerprint density at radius 1 is 1.14 bits per heavy atom. The predicted molar refractivity (Wildman–Crippen MR) is 117 cm³/mol. The number of nitriles is 1. The summed E-state index contributed by atoms with van der Waals surface area (Å²) in [4.78, 5) is 8.23. The molecule has 7 heteroatoms. The standard InChI is InChI=1S/C22H24N6S/c23-14-18-15-24-20-6-5-17(13-19(18)20)3-1-7-26-9-11-27(12-10-26)21-4-2-8-28-22(21)16-25-29-28/h2,4-6,8,13,15-16,24-25H,1,3,7,9-12H2. The zero-order chi connectivity index (χ0) is 19.6. The highest BCUT2D eigenvalue weighted by molar-refractivity contribution is 7.95. The molecular weight excluding hydrogens is 380 g/mol. The Kier molecular flexibility index (Phi) is 4.96. The molecule has 4 heterocycles. The molecule has 5 rings (SSSR count). The van der Waals surface area contributed by atoms with Gasteiger partial charge in [0.25, 0.3) is 0 Å². The number of benzene rings is 1. The van der Waals surface area contributed by atoms with Gasteiger partial charge in [0.15, 0.2) is 0 Å². The van der Waals surface area contributed by atoms with Crippen LogP contribution in [0.25, 0.3) is 10.9 Å². The van der Waals surface area contributed by atoms with Crippen molar-refractivity contribution >= 4 is 23.0 Å². The van der Waals surface area contributed by atoms with E-state index >= 15 is 0 Å². The summed E-state index contributed by atoms with van der Waals surface area (Å²) in [6, 6.07) is 8.69. The molecule has 0 bridgehead atoms. The SMILES string of the molecule is N#Cc1c[nH]c2ccc(CCCN3CCN(C4=CC=CN5SNC=C45)CC3)cc12. The number of aryl methyl sites for hydroxylation is 1. The molecule has 3 aliphatic heterocycles. The van der Waals surface area contributed by atoms with E-state index in [1.807, 2.05) is 0 Å². The second kappa shape index (κ2) is 7.90. The average molecular weight is 405 g/mol. The molecule has 0 radical (unpaired) electrons. The van der Waals surface area contributed by atoms with Crippen molar-refractivity contribution < 1.29 is 0 Å². The van der Waals surface area contributed by atoms with E-state index < -0.39 is 0 Å². The van der Waals surface area contributed by atoms with E-state index in [1.54, 1.807) is 18.3 Å². The summed E-state index contributed by atoms with van der Waals surface area (Å²) in [6.07, 6.45) is 12.5. The topological polar surface area (TPSA) is 61.3 Å². The van der Waals surface area contributed by atoms with E-state index in [0.29, 0.717) is 0 Å². The van der Waals surface area contributed by atoms with Gasteiger partial charge in [0.05, 0.1) is 29.1 Å². The minimum absolute atomic E-state index is 0.731. The third kappa shape index (κ3) is 3.61. The highest BCUT2D eigenvalue weighted by Gasteiger charge is 2.26. The quantitative estimate of drug-likeness (QED) is 0.746. The minimum atomic E-state index is 0.731. The Morgan fingerprint density at radius 2 is 2.03 bits per heavy atom. The summed E-state index contributed by atoms with van der Waals surface area (Å²) in [6.45, 7) is 5.46. The lowest BCUT2D eigenvalue weighted by molar-refractivity contribution is 0.158. The third-order valence-electron chi connectivity index (χ3n) is 5.84. The fourth-order valence-corrected chi connectivity index (χ4v) is 4.90. The van der Waals surface area contributed by atoms with Crippen molar-refractivity contribution in [3.63, 3.8) is 0 Å². The van der Waals surface area contributed by atoms with Gasteiger partial charge < -0.3 is 14.6 Å².